The van der Waals surface area contributed by atoms with Crippen molar-refractivity contribution in [2.75, 3.05) is 49.2 Å². The SMILES string of the molecule is OC(CN(CC1CO1)c1ccccc1)CN(CC1CO1)c1ccccc1. The fourth-order valence-electron chi connectivity index (χ4n) is 3.25. The molecule has 2 aromatic rings. The van der Waals surface area contributed by atoms with Gasteiger partial charge in [0, 0.05) is 37.6 Å². The van der Waals surface area contributed by atoms with Gasteiger partial charge in [-0.25, -0.2) is 0 Å². The van der Waals surface area contributed by atoms with Crippen LogP contribution in [0.5, 0.6) is 0 Å². The Kier molecular flexibility index (Phi) is 5.39. The lowest BCUT2D eigenvalue weighted by atomic mass is 10.2. The Morgan fingerprint density at radius 2 is 1.15 bits per heavy atom. The second kappa shape index (κ2) is 8.08. The maximum atomic E-state index is 10.8. The van der Waals surface area contributed by atoms with E-state index in [1.54, 1.807) is 0 Å². The first kappa shape index (κ1) is 17.3. The molecular weight excluding hydrogens is 328 g/mol. The molecule has 2 heterocycles. The number of aliphatic hydroxyl groups is 1. The number of ether oxygens (including phenoxy) is 2. The van der Waals surface area contributed by atoms with Gasteiger partial charge >= 0.3 is 0 Å². The smallest absolute Gasteiger partial charge is 0.0984 e. The minimum absolute atomic E-state index is 0.285. The molecule has 26 heavy (non-hydrogen) atoms. The topological polar surface area (TPSA) is 51.8 Å². The predicted molar refractivity (Wildman–Crippen MR) is 103 cm³/mol. The number of hydrogen-bond donors (Lipinski definition) is 1. The van der Waals surface area contributed by atoms with Gasteiger partial charge in [-0.1, -0.05) is 36.4 Å². The number of hydrogen-bond acceptors (Lipinski definition) is 5. The Morgan fingerprint density at radius 3 is 1.50 bits per heavy atom. The molecule has 4 rings (SSSR count). The van der Waals surface area contributed by atoms with E-state index in [-0.39, 0.29) is 12.2 Å². The van der Waals surface area contributed by atoms with Crippen molar-refractivity contribution >= 4 is 11.4 Å². The number of aliphatic hydroxyl groups excluding tert-OH is 1. The molecule has 2 aliphatic heterocycles. The van der Waals surface area contributed by atoms with Crippen molar-refractivity contribution in [3.05, 3.63) is 60.7 Å². The van der Waals surface area contributed by atoms with E-state index in [0.29, 0.717) is 13.1 Å². The highest BCUT2D eigenvalue weighted by Gasteiger charge is 2.29. The van der Waals surface area contributed by atoms with E-state index in [9.17, 15) is 5.11 Å². The summed E-state index contributed by atoms with van der Waals surface area (Å²) in [6.45, 7) is 4.43. The molecular formula is C21H26N2O3. The Morgan fingerprint density at radius 1 is 0.769 bits per heavy atom. The van der Waals surface area contributed by atoms with Gasteiger partial charge in [0.1, 0.15) is 0 Å². The summed E-state index contributed by atoms with van der Waals surface area (Å²) in [5, 5.41) is 10.8. The summed E-state index contributed by atoms with van der Waals surface area (Å²) in [7, 11) is 0. The van der Waals surface area contributed by atoms with E-state index in [0.717, 1.165) is 37.7 Å². The fourth-order valence-corrected chi connectivity index (χ4v) is 3.25. The maximum Gasteiger partial charge on any atom is 0.0984 e. The second-order valence-corrected chi connectivity index (χ2v) is 7.05. The molecule has 0 saturated carbocycles. The first-order valence-corrected chi connectivity index (χ1v) is 9.29. The third-order valence-corrected chi connectivity index (χ3v) is 4.76. The van der Waals surface area contributed by atoms with Crippen molar-refractivity contribution < 1.29 is 14.6 Å². The molecule has 0 radical (unpaired) electrons. The molecule has 138 valence electrons. The van der Waals surface area contributed by atoms with E-state index in [1.165, 1.54) is 0 Å². The van der Waals surface area contributed by atoms with E-state index in [1.807, 2.05) is 36.4 Å². The predicted octanol–water partition coefficient (Wildman–Crippen LogP) is 2.16. The average Bonchev–Trinajstić information content (AvgIpc) is 3.58. The minimum atomic E-state index is -0.465. The summed E-state index contributed by atoms with van der Waals surface area (Å²) in [4.78, 5) is 4.44. The summed E-state index contributed by atoms with van der Waals surface area (Å²) < 4.78 is 10.8. The van der Waals surface area contributed by atoms with Crippen LogP contribution >= 0.6 is 0 Å². The summed E-state index contributed by atoms with van der Waals surface area (Å²) in [6.07, 6.45) is 0.105. The molecule has 2 saturated heterocycles. The van der Waals surface area contributed by atoms with Crippen LogP contribution in [0, 0.1) is 0 Å². The van der Waals surface area contributed by atoms with Crippen LogP contribution in [0.15, 0.2) is 60.7 Å². The number of para-hydroxylation sites is 2. The molecule has 5 nitrogen and oxygen atoms in total. The van der Waals surface area contributed by atoms with Crippen molar-refractivity contribution in [2.45, 2.75) is 18.3 Å². The highest BCUT2D eigenvalue weighted by Crippen LogP contribution is 2.21. The Balaban J connectivity index is 1.41. The molecule has 0 amide bonds. The van der Waals surface area contributed by atoms with Gasteiger partial charge in [-0.3, -0.25) is 0 Å². The van der Waals surface area contributed by atoms with Gasteiger partial charge < -0.3 is 24.4 Å². The van der Waals surface area contributed by atoms with Gasteiger partial charge in [0.15, 0.2) is 0 Å². The van der Waals surface area contributed by atoms with Gasteiger partial charge in [-0.05, 0) is 24.3 Å². The zero-order chi connectivity index (χ0) is 17.8. The maximum absolute atomic E-state index is 10.8. The van der Waals surface area contributed by atoms with Crippen LogP contribution < -0.4 is 9.80 Å². The fraction of sp³-hybridized carbons (Fsp3) is 0.429. The van der Waals surface area contributed by atoms with Crippen molar-refractivity contribution in [3.63, 3.8) is 0 Å². The van der Waals surface area contributed by atoms with Gasteiger partial charge in [0.25, 0.3) is 0 Å². The van der Waals surface area contributed by atoms with Gasteiger partial charge in [0.2, 0.25) is 0 Å². The van der Waals surface area contributed by atoms with E-state index >= 15 is 0 Å². The molecule has 2 aromatic carbocycles. The van der Waals surface area contributed by atoms with Gasteiger partial charge in [0.05, 0.1) is 31.5 Å². The van der Waals surface area contributed by atoms with Crippen molar-refractivity contribution in [2.24, 2.45) is 0 Å². The number of epoxide rings is 2. The van der Waals surface area contributed by atoms with Crippen molar-refractivity contribution in [1.29, 1.82) is 0 Å². The van der Waals surface area contributed by atoms with E-state index in [2.05, 4.69) is 34.1 Å². The monoisotopic (exact) mass is 354 g/mol. The molecule has 2 fully saturated rings. The molecule has 2 unspecified atom stereocenters. The molecule has 1 N–H and O–H groups in total. The Hall–Kier alpha value is -2.08. The van der Waals surface area contributed by atoms with Gasteiger partial charge in [-0.15, -0.1) is 0 Å². The molecule has 0 aliphatic carbocycles. The molecule has 2 aliphatic rings. The number of rotatable bonds is 10. The first-order chi connectivity index (χ1) is 12.8. The lowest BCUT2D eigenvalue weighted by Crippen LogP contribution is -2.43. The number of nitrogens with zero attached hydrogens (tertiary/aromatic N) is 2. The van der Waals surface area contributed by atoms with E-state index in [4.69, 9.17) is 9.47 Å². The average molecular weight is 354 g/mol. The Labute approximate surface area is 154 Å². The highest BCUT2D eigenvalue weighted by atomic mass is 16.6. The quantitative estimate of drug-likeness (QED) is 0.663. The van der Waals surface area contributed by atoms with E-state index < -0.39 is 6.10 Å². The largest absolute Gasteiger partial charge is 0.389 e. The van der Waals surface area contributed by atoms with Crippen molar-refractivity contribution in [3.8, 4) is 0 Å². The van der Waals surface area contributed by atoms with Crippen LogP contribution in [0.1, 0.15) is 0 Å². The summed E-state index contributed by atoms with van der Waals surface area (Å²) in [5.74, 6) is 0. The standard InChI is InChI=1S/C21H26N2O3/c24-19(11-22(13-20-15-25-20)17-7-3-1-4-8-17)12-23(14-21-16-26-21)18-9-5-2-6-10-18/h1-10,19-21,24H,11-16H2. The molecule has 0 bridgehead atoms. The second-order valence-electron chi connectivity index (χ2n) is 7.05. The summed E-state index contributed by atoms with van der Waals surface area (Å²) in [5.41, 5.74) is 2.25. The lowest BCUT2D eigenvalue weighted by Gasteiger charge is -2.31. The Bertz CT molecular complexity index is 615. The van der Waals surface area contributed by atoms with Gasteiger partial charge in [-0.2, -0.15) is 0 Å². The van der Waals surface area contributed by atoms with Crippen molar-refractivity contribution in [1.82, 2.24) is 0 Å². The molecule has 5 heteroatoms. The van der Waals surface area contributed by atoms with Crippen LogP contribution in [0.4, 0.5) is 11.4 Å². The molecule has 0 aromatic heterocycles. The summed E-state index contributed by atoms with van der Waals surface area (Å²) >= 11 is 0. The number of benzene rings is 2. The van der Waals surface area contributed by atoms with Crippen LogP contribution in [-0.2, 0) is 9.47 Å². The first-order valence-electron chi connectivity index (χ1n) is 9.29. The number of anilines is 2. The third kappa shape index (κ3) is 4.97. The highest BCUT2D eigenvalue weighted by molar-refractivity contribution is 5.48. The molecule has 0 spiro atoms. The van der Waals surface area contributed by atoms with Crippen LogP contribution in [0.3, 0.4) is 0 Å². The third-order valence-electron chi connectivity index (χ3n) is 4.76. The normalized spacial score (nSPS) is 21.9. The zero-order valence-corrected chi connectivity index (χ0v) is 14.9. The van der Waals surface area contributed by atoms with Crippen LogP contribution in [0.2, 0.25) is 0 Å². The summed E-state index contributed by atoms with van der Waals surface area (Å²) in [6, 6.07) is 20.5. The molecule has 2 atom stereocenters. The van der Waals surface area contributed by atoms with Crippen LogP contribution in [0.25, 0.3) is 0 Å². The zero-order valence-electron chi connectivity index (χ0n) is 14.9. The lowest BCUT2D eigenvalue weighted by molar-refractivity contribution is 0.183. The van der Waals surface area contributed by atoms with Crippen LogP contribution in [-0.4, -0.2) is 62.8 Å². The minimum Gasteiger partial charge on any atom is -0.389 e.